The van der Waals surface area contributed by atoms with Gasteiger partial charge in [-0.05, 0) is 42.3 Å². The van der Waals surface area contributed by atoms with Gasteiger partial charge < -0.3 is 10.1 Å². The lowest BCUT2D eigenvalue weighted by atomic mass is 10.1. The van der Waals surface area contributed by atoms with E-state index in [9.17, 15) is 4.79 Å². The smallest absolute Gasteiger partial charge is 0.230 e. The maximum Gasteiger partial charge on any atom is 0.230 e. The summed E-state index contributed by atoms with van der Waals surface area (Å²) in [5.74, 6) is 1.11. The molecule has 2 aromatic carbocycles. The molecule has 3 rings (SSSR count). The number of nitrogens with zero attached hydrogens (tertiary/aromatic N) is 2. The molecule has 0 unspecified atom stereocenters. The number of halogens is 1. The maximum absolute atomic E-state index is 12.1. The molecule has 0 aliphatic heterocycles. The molecule has 3 aromatic rings. The van der Waals surface area contributed by atoms with Crippen molar-refractivity contribution in [2.75, 3.05) is 19.4 Å². The SMILES string of the molecule is COc1ccccc1CCNC(=O)CSc1ccc(-c2ccc(Br)cc2)nn1. The molecular formula is C21H20BrN3O2S. The number of nitrogens with one attached hydrogen (secondary N) is 1. The zero-order valence-corrected chi connectivity index (χ0v) is 17.8. The van der Waals surface area contributed by atoms with E-state index in [0.717, 1.165) is 38.5 Å². The lowest BCUT2D eigenvalue weighted by molar-refractivity contribution is -0.118. The van der Waals surface area contributed by atoms with E-state index in [0.29, 0.717) is 12.3 Å². The standard InChI is InChI=1S/C21H20BrN3O2S/c1-27-19-5-3-2-4-16(19)12-13-23-20(26)14-28-21-11-10-18(24-25-21)15-6-8-17(22)9-7-15/h2-11H,12-14H2,1H3,(H,23,26). The average molecular weight is 458 g/mol. The summed E-state index contributed by atoms with van der Waals surface area (Å²) in [5, 5.41) is 12.1. The Hall–Kier alpha value is -2.38. The first kappa shape index (κ1) is 20.4. The topological polar surface area (TPSA) is 64.1 Å². The van der Waals surface area contributed by atoms with Crippen molar-refractivity contribution in [3.05, 3.63) is 70.7 Å². The van der Waals surface area contributed by atoms with Gasteiger partial charge in [-0.3, -0.25) is 4.79 Å². The van der Waals surface area contributed by atoms with Crippen LogP contribution in [-0.4, -0.2) is 35.5 Å². The van der Waals surface area contributed by atoms with Crippen molar-refractivity contribution in [2.24, 2.45) is 0 Å². The van der Waals surface area contributed by atoms with Crippen LogP contribution in [0.1, 0.15) is 5.56 Å². The van der Waals surface area contributed by atoms with Crippen LogP contribution in [0.5, 0.6) is 5.75 Å². The summed E-state index contributed by atoms with van der Waals surface area (Å²) in [4.78, 5) is 12.1. The number of methoxy groups -OCH3 is 1. The van der Waals surface area contributed by atoms with Crippen molar-refractivity contribution in [1.82, 2.24) is 15.5 Å². The van der Waals surface area contributed by atoms with E-state index < -0.39 is 0 Å². The summed E-state index contributed by atoms with van der Waals surface area (Å²) >= 11 is 4.79. The quantitative estimate of drug-likeness (QED) is 0.508. The summed E-state index contributed by atoms with van der Waals surface area (Å²) in [5.41, 5.74) is 2.88. The Labute approximate surface area is 177 Å². The molecule has 0 radical (unpaired) electrons. The number of rotatable bonds is 8. The van der Waals surface area contributed by atoms with Crippen LogP contribution in [0.25, 0.3) is 11.3 Å². The molecule has 0 aliphatic carbocycles. The van der Waals surface area contributed by atoms with Crippen molar-refractivity contribution in [1.29, 1.82) is 0 Å². The molecule has 0 bridgehead atoms. The Kier molecular flexibility index (Phi) is 7.45. The minimum Gasteiger partial charge on any atom is -0.496 e. The van der Waals surface area contributed by atoms with Gasteiger partial charge in [0, 0.05) is 16.6 Å². The summed E-state index contributed by atoms with van der Waals surface area (Å²) in [7, 11) is 1.65. The molecule has 1 amide bonds. The molecule has 0 aliphatic rings. The number of amides is 1. The zero-order valence-electron chi connectivity index (χ0n) is 15.4. The molecule has 5 nitrogen and oxygen atoms in total. The largest absolute Gasteiger partial charge is 0.496 e. The fraction of sp³-hybridized carbons (Fsp3) is 0.190. The van der Waals surface area contributed by atoms with Crippen LogP contribution in [0.4, 0.5) is 0 Å². The second kappa shape index (κ2) is 10.2. The Morgan fingerprint density at radius 3 is 2.57 bits per heavy atom. The normalized spacial score (nSPS) is 10.5. The number of hydrogen-bond donors (Lipinski definition) is 1. The predicted octanol–water partition coefficient (Wildman–Crippen LogP) is 4.37. The van der Waals surface area contributed by atoms with E-state index in [2.05, 4.69) is 31.4 Å². The summed E-state index contributed by atoms with van der Waals surface area (Å²) in [6.45, 7) is 0.563. The van der Waals surface area contributed by atoms with Crippen LogP contribution >= 0.6 is 27.7 Å². The lowest BCUT2D eigenvalue weighted by Gasteiger charge is -2.09. The molecule has 0 saturated carbocycles. The molecule has 144 valence electrons. The van der Waals surface area contributed by atoms with Gasteiger partial charge in [0.05, 0.1) is 18.6 Å². The van der Waals surface area contributed by atoms with Gasteiger partial charge in [-0.25, -0.2) is 0 Å². The average Bonchev–Trinajstić information content (AvgIpc) is 2.73. The molecule has 0 atom stereocenters. The van der Waals surface area contributed by atoms with Gasteiger partial charge in [-0.1, -0.05) is 58.0 Å². The summed E-state index contributed by atoms with van der Waals surface area (Å²) < 4.78 is 6.34. The van der Waals surface area contributed by atoms with E-state index in [1.165, 1.54) is 11.8 Å². The molecule has 1 heterocycles. The fourth-order valence-corrected chi connectivity index (χ4v) is 3.52. The first-order chi connectivity index (χ1) is 13.7. The van der Waals surface area contributed by atoms with Gasteiger partial charge in [-0.2, -0.15) is 0 Å². The maximum atomic E-state index is 12.1. The highest BCUT2D eigenvalue weighted by molar-refractivity contribution is 9.10. The Morgan fingerprint density at radius 2 is 1.86 bits per heavy atom. The second-order valence-electron chi connectivity index (χ2n) is 5.96. The van der Waals surface area contributed by atoms with E-state index >= 15 is 0 Å². The third kappa shape index (κ3) is 5.81. The van der Waals surface area contributed by atoms with E-state index in [-0.39, 0.29) is 5.91 Å². The molecular weight excluding hydrogens is 438 g/mol. The van der Waals surface area contributed by atoms with Crippen LogP contribution in [0.3, 0.4) is 0 Å². The van der Waals surface area contributed by atoms with Crippen molar-refractivity contribution >= 4 is 33.6 Å². The number of benzene rings is 2. The van der Waals surface area contributed by atoms with Crippen molar-refractivity contribution < 1.29 is 9.53 Å². The third-order valence-electron chi connectivity index (χ3n) is 4.04. The van der Waals surface area contributed by atoms with Crippen LogP contribution in [0, 0.1) is 0 Å². The second-order valence-corrected chi connectivity index (χ2v) is 7.88. The predicted molar refractivity (Wildman–Crippen MR) is 116 cm³/mol. The molecule has 0 saturated heterocycles. The van der Waals surface area contributed by atoms with Gasteiger partial charge in [0.2, 0.25) is 5.91 Å². The Bertz CT molecular complexity index is 918. The van der Waals surface area contributed by atoms with Crippen LogP contribution in [0.15, 0.2) is 70.2 Å². The highest BCUT2D eigenvalue weighted by Gasteiger charge is 2.07. The molecule has 0 fully saturated rings. The summed E-state index contributed by atoms with van der Waals surface area (Å²) in [6.07, 6.45) is 0.724. The fourth-order valence-electron chi connectivity index (χ4n) is 2.61. The van der Waals surface area contributed by atoms with E-state index in [1.54, 1.807) is 7.11 Å². The van der Waals surface area contributed by atoms with E-state index in [4.69, 9.17) is 4.74 Å². The van der Waals surface area contributed by atoms with Crippen molar-refractivity contribution in [2.45, 2.75) is 11.4 Å². The van der Waals surface area contributed by atoms with Crippen molar-refractivity contribution in [3.63, 3.8) is 0 Å². The van der Waals surface area contributed by atoms with Crippen molar-refractivity contribution in [3.8, 4) is 17.0 Å². The number of carbonyl (C=O) groups excluding carboxylic acids is 1. The van der Waals surface area contributed by atoms with E-state index in [1.807, 2.05) is 60.7 Å². The minimum absolute atomic E-state index is 0.0290. The first-order valence-corrected chi connectivity index (χ1v) is 10.5. The molecule has 7 heteroatoms. The van der Waals surface area contributed by atoms with Crippen LogP contribution < -0.4 is 10.1 Å². The van der Waals surface area contributed by atoms with Gasteiger partial charge in [-0.15, -0.1) is 10.2 Å². The Morgan fingerprint density at radius 1 is 1.07 bits per heavy atom. The number of aromatic nitrogens is 2. The number of carbonyl (C=O) groups is 1. The third-order valence-corrected chi connectivity index (χ3v) is 5.49. The van der Waals surface area contributed by atoms with Gasteiger partial charge in [0.15, 0.2) is 0 Å². The number of hydrogen-bond acceptors (Lipinski definition) is 5. The molecule has 0 spiro atoms. The molecule has 28 heavy (non-hydrogen) atoms. The first-order valence-electron chi connectivity index (χ1n) is 8.77. The molecule has 1 aromatic heterocycles. The Balaban J connectivity index is 1.45. The highest BCUT2D eigenvalue weighted by Crippen LogP contribution is 2.21. The monoisotopic (exact) mass is 457 g/mol. The minimum atomic E-state index is -0.0290. The zero-order chi connectivity index (χ0) is 19.8. The number of thioether (sulfide) groups is 1. The van der Waals surface area contributed by atoms with Gasteiger partial charge >= 0.3 is 0 Å². The van der Waals surface area contributed by atoms with Gasteiger partial charge in [0.1, 0.15) is 10.8 Å². The molecule has 1 N–H and O–H groups in total. The van der Waals surface area contributed by atoms with Gasteiger partial charge in [0.25, 0.3) is 0 Å². The number of ether oxygens (including phenoxy) is 1. The van der Waals surface area contributed by atoms with Crippen LogP contribution in [0.2, 0.25) is 0 Å². The highest BCUT2D eigenvalue weighted by atomic mass is 79.9. The summed E-state index contributed by atoms with van der Waals surface area (Å²) in [6, 6.07) is 19.5. The lowest BCUT2D eigenvalue weighted by Crippen LogP contribution is -2.27. The number of para-hydroxylation sites is 1. The van der Waals surface area contributed by atoms with Crippen LogP contribution in [-0.2, 0) is 11.2 Å².